The van der Waals surface area contributed by atoms with E-state index in [-0.39, 0.29) is 12.8 Å². The Kier molecular flexibility index (Phi) is 10.6. The molecule has 41 heavy (non-hydrogen) atoms. The molecular formula is C33H40FN5O2. The smallest absolute Gasteiger partial charge is 0.227 e. The zero-order chi connectivity index (χ0) is 29.1. The Labute approximate surface area is 242 Å². The van der Waals surface area contributed by atoms with Crippen LogP contribution in [0.3, 0.4) is 0 Å². The van der Waals surface area contributed by atoms with Crippen LogP contribution in [0.4, 0.5) is 16.0 Å². The largest absolute Gasteiger partial charge is 0.491 e. The number of aliphatic hydroxyl groups is 1. The summed E-state index contributed by atoms with van der Waals surface area (Å²) in [6.07, 6.45) is 17.2. The second kappa shape index (κ2) is 14.6. The third-order valence-corrected chi connectivity index (χ3v) is 6.77. The van der Waals surface area contributed by atoms with Crippen LogP contribution in [0.2, 0.25) is 0 Å². The molecule has 1 saturated heterocycles. The molecule has 2 fully saturated rings. The van der Waals surface area contributed by atoms with Crippen molar-refractivity contribution in [3.8, 4) is 11.4 Å². The van der Waals surface area contributed by atoms with Crippen LogP contribution >= 0.6 is 0 Å². The van der Waals surface area contributed by atoms with Crippen LogP contribution in [0.1, 0.15) is 63.4 Å². The van der Waals surface area contributed by atoms with E-state index in [1.807, 2.05) is 72.3 Å². The van der Waals surface area contributed by atoms with Crippen LogP contribution in [-0.2, 0) is 16.8 Å². The first-order chi connectivity index (χ1) is 20.0. The van der Waals surface area contributed by atoms with Gasteiger partial charge in [0.05, 0.1) is 23.8 Å². The fraction of sp³-hybridized carbons (Fsp3) is 0.364. The zero-order valence-corrected chi connectivity index (χ0v) is 23.8. The lowest BCUT2D eigenvalue weighted by molar-refractivity contribution is 0.110. The highest BCUT2D eigenvalue weighted by atomic mass is 19.1. The first-order valence-electron chi connectivity index (χ1n) is 14.3. The number of halogens is 1. The molecule has 2 aromatic heterocycles. The Morgan fingerprint density at radius 2 is 1.98 bits per heavy atom. The van der Waals surface area contributed by atoms with Gasteiger partial charge in [0.2, 0.25) is 5.95 Å². The molecule has 1 saturated carbocycles. The lowest BCUT2D eigenvalue weighted by Gasteiger charge is -2.23. The monoisotopic (exact) mass is 557 g/mol. The summed E-state index contributed by atoms with van der Waals surface area (Å²) in [6.45, 7) is 8.89. The van der Waals surface area contributed by atoms with Crippen molar-refractivity contribution in [2.75, 3.05) is 12.0 Å². The number of nitrogens with one attached hydrogen (secondary N) is 1. The SMILES string of the molecule is C=C1CCC[C@@H](/C=C/n2c(C3(O)CC3)nc(-c3ccnc(Nc4ccccc4)n3)c2C/C=C\CCCF)O1.C=CC. The summed E-state index contributed by atoms with van der Waals surface area (Å²) in [4.78, 5) is 14.1. The highest BCUT2D eigenvalue weighted by Crippen LogP contribution is 2.46. The molecule has 3 aromatic rings. The van der Waals surface area contributed by atoms with Crippen LogP contribution in [0, 0.1) is 0 Å². The van der Waals surface area contributed by atoms with E-state index in [2.05, 4.69) is 23.5 Å². The van der Waals surface area contributed by atoms with E-state index in [1.54, 1.807) is 12.3 Å². The van der Waals surface area contributed by atoms with Crippen molar-refractivity contribution in [1.82, 2.24) is 19.5 Å². The van der Waals surface area contributed by atoms with E-state index in [0.29, 0.717) is 55.3 Å². The Bertz CT molecular complexity index is 1360. The summed E-state index contributed by atoms with van der Waals surface area (Å²) in [5.74, 6) is 1.86. The maximum Gasteiger partial charge on any atom is 0.227 e. The average Bonchev–Trinajstić information content (AvgIpc) is 3.61. The fourth-order valence-electron chi connectivity index (χ4n) is 4.56. The van der Waals surface area contributed by atoms with Crippen molar-refractivity contribution in [3.63, 3.8) is 0 Å². The summed E-state index contributed by atoms with van der Waals surface area (Å²) in [5.41, 5.74) is 2.16. The minimum absolute atomic E-state index is 0.0718. The van der Waals surface area contributed by atoms with Gasteiger partial charge < -0.3 is 19.7 Å². The molecule has 8 heteroatoms. The van der Waals surface area contributed by atoms with Gasteiger partial charge in [-0.1, -0.05) is 43.0 Å². The molecule has 1 aliphatic heterocycles. The average molecular weight is 558 g/mol. The maximum atomic E-state index is 12.6. The number of unbranched alkanes of at least 4 members (excludes halogenated alkanes) is 1. The van der Waals surface area contributed by atoms with Gasteiger partial charge in [-0.3, -0.25) is 4.39 Å². The number of benzene rings is 1. The molecule has 3 heterocycles. The number of imidazole rings is 1. The molecule has 0 spiro atoms. The summed E-state index contributed by atoms with van der Waals surface area (Å²) in [6, 6.07) is 11.6. The number of rotatable bonds is 11. The second-order valence-corrected chi connectivity index (χ2v) is 10.2. The minimum atomic E-state index is -0.968. The van der Waals surface area contributed by atoms with E-state index >= 15 is 0 Å². The Balaban J connectivity index is 0.00000124. The maximum absolute atomic E-state index is 12.6. The lowest BCUT2D eigenvalue weighted by atomic mass is 10.1. The molecule has 0 bridgehead atoms. The quantitative estimate of drug-likeness (QED) is 0.186. The van der Waals surface area contributed by atoms with Crippen molar-refractivity contribution >= 4 is 17.8 Å². The fourth-order valence-corrected chi connectivity index (χ4v) is 4.56. The highest BCUT2D eigenvalue weighted by molar-refractivity contribution is 5.63. The van der Waals surface area contributed by atoms with Gasteiger partial charge in [0.1, 0.15) is 23.2 Å². The molecule has 5 rings (SSSR count). The zero-order valence-electron chi connectivity index (χ0n) is 23.8. The van der Waals surface area contributed by atoms with Crippen LogP contribution in [0.25, 0.3) is 17.6 Å². The Morgan fingerprint density at radius 3 is 2.68 bits per heavy atom. The van der Waals surface area contributed by atoms with Gasteiger partial charge in [-0.05, 0) is 69.7 Å². The van der Waals surface area contributed by atoms with Gasteiger partial charge in [0.15, 0.2) is 0 Å². The van der Waals surface area contributed by atoms with E-state index in [1.165, 1.54) is 0 Å². The number of anilines is 2. The molecule has 7 nitrogen and oxygen atoms in total. The molecule has 1 aromatic carbocycles. The number of hydrogen-bond donors (Lipinski definition) is 2. The summed E-state index contributed by atoms with van der Waals surface area (Å²) in [5, 5.41) is 14.4. The Morgan fingerprint density at radius 1 is 1.20 bits per heavy atom. The predicted octanol–water partition coefficient (Wildman–Crippen LogP) is 7.66. The molecule has 216 valence electrons. The molecule has 1 atom stereocenters. The van der Waals surface area contributed by atoms with E-state index in [0.717, 1.165) is 36.4 Å². The van der Waals surface area contributed by atoms with Crippen LogP contribution in [0.5, 0.6) is 0 Å². The van der Waals surface area contributed by atoms with E-state index < -0.39 is 5.60 Å². The number of alkyl halides is 1. The summed E-state index contributed by atoms with van der Waals surface area (Å²) < 4.78 is 20.5. The van der Waals surface area contributed by atoms with Crippen LogP contribution < -0.4 is 5.32 Å². The van der Waals surface area contributed by atoms with Gasteiger partial charge in [-0.25, -0.2) is 15.0 Å². The predicted molar refractivity (Wildman–Crippen MR) is 163 cm³/mol. The molecule has 0 radical (unpaired) electrons. The van der Waals surface area contributed by atoms with Crippen molar-refractivity contribution in [1.29, 1.82) is 0 Å². The van der Waals surface area contributed by atoms with Crippen molar-refractivity contribution in [3.05, 3.63) is 97.3 Å². The number of nitrogens with zero attached hydrogens (tertiary/aromatic N) is 4. The minimum Gasteiger partial charge on any atom is -0.491 e. The summed E-state index contributed by atoms with van der Waals surface area (Å²) in [7, 11) is 0. The van der Waals surface area contributed by atoms with Crippen molar-refractivity contribution in [2.24, 2.45) is 0 Å². The molecule has 1 aliphatic carbocycles. The van der Waals surface area contributed by atoms with Crippen molar-refractivity contribution < 1.29 is 14.2 Å². The number of allylic oxidation sites excluding steroid dienone is 4. The number of ether oxygens (including phenoxy) is 1. The molecular weight excluding hydrogens is 517 g/mol. The molecule has 0 amide bonds. The first-order valence-corrected chi connectivity index (χ1v) is 14.3. The summed E-state index contributed by atoms with van der Waals surface area (Å²) >= 11 is 0. The molecule has 0 unspecified atom stereocenters. The van der Waals surface area contributed by atoms with E-state index in [9.17, 15) is 9.50 Å². The second-order valence-electron chi connectivity index (χ2n) is 10.2. The number of aromatic nitrogens is 4. The third-order valence-electron chi connectivity index (χ3n) is 6.77. The highest BCUT2D eigenvalue weighted by Gasteiger charge is 2.47. The number of para-hydroxylation sites is 1. The normalized spacial score (nSPS) is 17.6. The number of hydrogen-bond acceptors (Lipinski definition) is 6. The van der Waals surface area contributed by atoms with Gasteiger partial charge in [-0.2, -0.15) is 0 Å². The molecule has 2 N–H and O–H groups in total. The molecule has 2 aliphatic rings. The van der Waals surface area contributed by atoms with Gasteiger partial charge >= 0.3 is 0 Å². The van der Waals surface area contributed by atoms with Crippen LogP contribution in [0.15, 0.2) is 85.8 Å². The van der Waals surface area contributed by atoms with E-state index in [4.69, 9.17) is 14.7 Å². The lowest BCUT2D eigenvalue weighted by Crippen LogP contribution is -2.16. The topological polar surface area (TPSA) is 85.1 Å². The van der Waals surface area contributed by atoms with Gasteiger partial charge in [-0.15, -0.1) is 6.58 Å². The first kappa shape index (κ1) is 29.9. The van der Waals surface area contributed by atoms with Gasteiger partial charge in [0.25, 0.3) is 0 Å². The Hall–Kier alpha value is -4.04. The van der Waals surface area contributed by atoms with Crippen molar-refractivity contribution in [2.45, 2.75) is 70.0 Å². The van der Waals surface area contributed by atoms with Gasteiger partial charge in [0, 0.05) is 30.9 Å². The third kappa shape index (κ3) is 8.24. The standard InChI is InChI=1S/C30H34FN5O2.C3H6/c1-22-10-9-13-24(38-22)16-21-36-26(14-7-2-3-8-19-31)27(35-28(36)30(37)17-18-30)25-15-20-32-29(34-25)33-23-11-5-4-6-12-23;1-3-2/h2,4-7,11-12,15-16,20-21,24,37H,1,3,8-10,13-14,17-19H2,(H,32,33,34);3H,1H2,2H3/b7-2-,21-16+;/t24-;/m0./s1. The van der Waals surface area contributed by atoms with Crippen LogP contribution in [-0.4, -0.2) is 37.4 Å².